The molecule has 2 aromatic rings. The molecule has 230 valence electrons. The summed E-state index contributed by atoms with van der Waals surface area (Å²) in [6.45, 7) is 11.6. The van der Waals surface area contributed by atoms with Crippen LogP contribution >= 0.6 is 0 Å². The Morgan fingerprint density at radius 2 is 1.86 bits per heavy atom. The minimum Gasteiger partial charge on any atom is -0.495 e. The van der Waals surface area contributed by atoms with E-state index in [9.17, 15) is 9.59 Å². The molecule has 2 amide bonds. The van der Waals surface area contributed by atoms with E-state index in [1.165, 1.54) is 32.1 Å². The smallest absolute Gasteiger partial charge is 0.251 e. The minimum atomic E-state index is -0.277. The van der Waals surface area contributed by atoms with Crippen molar-refractivity contribution in [1.82, 2.24) is 20.2 Å². The fourth-order valence-corrected chi connectivity index (χ4v) is 6.00. The van der Waals surface area contributed by atoms with Gasteiger partial charge in [0.1, 0.15) is 17.5 Å². The molecule has 3 heterocycles. The van der Waals surface area contributed by atoms with E-state index in [1.807, 2.05) is 13.0 Å². The van der Waals surface area contributed by atoms with Crippen LogP contribution in [0.3, 0.4) is 0 Å². The van der Waals surface area contributed by atoms with Gasteiger partial charge in [0.2, 0.25) is 11.9 Å². The van der Waals surface area contributed by atoms with Crippen molar-refractivity contribution in [2.45, 2.75) is 97.2 Å². The molecule has 0 unspecified atom stereocenters. The summed E-state index contributed by atoms with van der Waals surface area (Å²) in [5.74, 6) is 1.59. The van der Waals surface area contributed by atoms with E-state index in [1.54, 1.807) is 37.4 Å². The number of methoxy groups -OCH3 is 1. The van der Waals surface area contributed by atoms with Crippen LogP contribution in [0.5, 0.6) is 5.75 Å². The highest BCUT2D eigenvalue weighted by molar-refractivity contribution is 6.04. The second-order valence-electron chi connectivity index (χ2n) is 11.8. The van der Waals surface area contributed by atoms with E-state index in [4.69, 9.17) is 9.72 Å². The first kappa shape index (κ1) is 31.5. The van der Waals surface area contributed by atoms with Gasteiger partial charge in [-0.25, -0.2) is 4.98 Å². The highest BCUT2D eigenvalue weighted by Crippen LogP contribution is 2.37. The van der Waals surface area contributed by atoms with Crippen LogP contribution in [0.1, 0.15) is 89.4 Å². The number of likely N-dealkylation sites (N-methyl/N-ethyl adjacent to an activating group) is 1. The van der Waals surface area contributed by atoms with Crippen molar-refractivity contribution in [2.24, 2.45) is 0 Å². The van der Waals surface area contributed by atoms with Crippen molar-refractivity contribution in [2.75, 3.05) is 48.9 Å². The summed E-state index contributed by atoms with van der Waals surface area (Å²) in [4.78, 5) is 41.6. The highest BCUT2D eigenvalue weighted by Gasteiger charge is 2.38. The lowest BCUT2D eigenvalue weighted by molar-refractivity contribution is -0.120. The van der Waals surface area contributed by atoms with E-state index >= 15 is 0 Å². The molecule has 1 aromatic heterocycles. The van der Waals surface area contributed by atoms with Crippen LogP contribution in [0, 0.1) is 0 Å². The Balaban J connectivity index is 1.39. The number of rotatable bonds is 13. The third-order valence-electron chi connectivity index (χ3n) is 8.46. The molecule has 10 heteroatoms. The average molecular weight is 580 g/mol. The zero-order chi connectivity index (χ0) is 30.2. The number of carbonyl (C=O) groups excluding carboxylic acids is 2. The Kier molecular flexibility index (Phi) is 11.0. The van der Waals surface area contributed by atoms with Crippen LogP contribution in [0.4, 0.5) is 23.1 Å². The lowest BCUT2D eigenvalue weighted by atomic mass is 10.0. The van der Waals surface area contributed by atoms with Gasteiger partial charge in [0.25, 0.3) is 5.91 Å². The third-order valence-corrected chi connectivity index (χ3v) is 8.46. The number of fused-ring (bicyclic) bond motifs is 1. The average Bonchev–Trinajstić information content (AvgIpc) is 2.99. The fourth-order valence-electron chi connectivity index (χ4n) is 6.00. The number of likely N-dealkylation sites (tertiary alicyclic amines) is 1. The van der Waals surface area contributed by atoms with Crippen molar-refractivity contribution in [3.8, 4) is 5.75 Å². The molecule has 0 radical (unpaired) electrons. The van der Waals surface area contributed by atoms with E-state index < -0.39 is 0 Å². The van der Waals surface area contributed by atoms with Crippen LogP contribution in [0.15, 0.2) is 24.4 Å². The van der Waals surface area contributed by atoms with Crippen molar-refractivity contribution < 1.29 is 14.3 Å². The van der Waals surface area contributed by atoms with Gasteiger partial charge in [0, 0.05) is 37.8 Å². The molecule has 0 saturated carbocycles. The van der Waals surface area contributed by atoms with Crippen LogP contribution in [0.25, 0.3) is 0 Å². The largest absolute Gasteiger partial charge is 0.495 e. The quantitative estimate of drug-likeness (QED) is 0.306. The molecule has 2 aliphatic rings. The first-order chi connectivity index (χ1) is 20.3. The second-order valence-corrected chi connectivity index (χ2v) is 11.8. The fraction of sp³-hybridized carbons (Fsp3) is 0.625. The Morgan fingerprint density at radius 3 is 2.52 bits per heavy atom. The van der Waals surface area contributed by atoms with Gasteiger partial charge in [0.15, 0.2) is 5.82 Å². The van der Waals surface area contributed by atoms with Gasteiger partial charge in [-0.1, -0.05) is 39.5 Å². The molecule has 2 aliphatic heterocycles. The monoisotopic (exact) mass is 579 g/mol. The van der Waals surface area contributed by atoms with Crippen molar-refractivity contribution in [1.29, 1.82) is 0 Å². The molecular weight excluding hydrogens is 530 g/mol. The number of carbonyl (C=O) groups is 2. The van der Waals surface area contributed by atoms with Crippen molar-refractivity contribution >= 4 is 35.0 Å². The Hall–Kier alpha value is -3.40. The Bertz CT molecular complexity index is 1210. The lowest BCUT2D eigenvalue weighted by Crippen LogP contribution is -2.54. The summed E-state index contributed by atoms with van der Waals surface area (Å²) in [6.07, 6.45) is 10.8. The van der Waals surface area contributed by atoms with Gasteiger partial charge in [-0.05, 0) is 64.3 Å². The second kappa shape index (κ2) is 14.7. The van der Waals surface area contributed by atoms with Crippen LogP contribution in [-0.4, -0.2) is 78.6 Å². The number of benzene rings is 1. The maximum atomic E-state index is 13.1. The molecule has 1 fully saturated rings. The number of hydrogen-bond donors (Lipinski definition) is 2. The normalized spacial score (nSPS) is 17.9. The number of aromatic nitrogens is 2. The number of nitrogens with zero attached hydrogens (tertiary/aromatic N) is 5. The van der Waals surface area contributed by atoms with Gasteiger partial charge in [-0.3, -0.25) is 9.59 Å². The van der Waals surface area contributed by atoms with Gasteiger partial charge >= 0.3 is 0 Å². The summed E-state index contributed by atoms with van der Waals surface area (Å²) in [7, 11) is 3.35. The van der Waals surface area contributed by atoms with Gasteiger partial charge in [-0.2, -0.15) is 4.98 Å². The van der Waals surface area contributed by atoms with Crippen LogP contribution < -0.4 is 25.2 Å². The molecule has 1 saturated heterocycles. The van der Waals surface area contributed by atoms with Crippen LogP contribution in [0.2, 0.25) is 0 Å². The molecule has 1 atom stereocenters. The van der Waals surface area contributed by atoms with Gasteiger partial charge in [0.05, 0.1) is 19.0 Å². The molecule has 10 nitrogen and oxygen atoms in total. The highest BCUT2D eigenvalue weighted by atomic mass is 16.5. The number of piperidine rings is 1. The standard InChI is InChI=1S/C32H49N7O3/c1-7-9-10-11-12-17-38-18-15-24(16-19-38)34-30(40)23-13-14-25(28(20-23)42-6)35-32-33-21-27-29(36-32)39(22(3)4)26(8-2)31(41)37(27)5/h13-14,20-22,24,26H,7-12,15-19H2,1-6H3,(H,34,40)(H,33,35,36)/t26-/m0/s1. The summed E-state index contributed by atoms with van der Waals surface area (Å²) in [6, 6.07) is 5.36. The summed E-state index contributed by atoms with van der Waals surface area (Å²) >= 11 is 0. The molecule has 0 spiro atoms. The van der Waals surface area contributed by atoms with E-state index in [2.05, 4.69) is 46.2 Å². The van der Waals surface area contributed by atoms with E-state index in [0.29, 0.717) is 40.9 Å². The predicted octanol–water partition coefficient (Wildman–Crippen LogP) is 5.36. The molecule has 42 heavy (non-hydrogen) atoms. The molecular formula is C32H49N7O3. The van der Waals surface area contributed by atoms with E-state index in [-0.39, 0.29) is 29.9 Å². The summed E-state index contributed by atoms with van der Waals surface area (Å²) in [5, 5.41) is 6.48. The number of ether oxygens (including phenoxy) is 1. The zero-order valence-electron chi connectivity index (χ0n) is 26.3. The van der Waals surface area contributed by atoms with Crippen LogP contribution in [-0.2, 0) is 4.79 Å². The molecule has 0 bridgehead atoms. The van der Waals surface area contributed by atoms with Crippen molar-refractivity contribution in [3.63, 3.8) is 0 Å². The molecule has 2 N–H and O–H groups in total. The maximum Gasteiger partial charge on any atom is 0.251 e. The number of nitrogens with one attached hydrogen (secondary N) is 2. The first-order valence-corrected chi connectivity index (χ1v) is 15.7. The maximum absolute atomic E-state index is 13.1. The third kappa shape index (κ3) is 7.32. The number of unbranched alkanes of at least 4 members (excludes halogenated alkanes) is 4. The summed E-state index contributed by atoms with van der Waals surface area (Å²) < 4.78 is 5.64. The zero-order valence-corrected chi connectivity index (χ0v) is 26.3. The van der Waals surface area contributed by atoms with Gasteiger partial charge < -0.3 is 30.1 Å². The van der Waals surface area contributed by atoms with Crippen molar-refractivity contribution in [3.05, 3.63) is 30.0 Å². The first-order valence-electron chi connectivity index (χ1n) is 15.7. The number of hydrogen-bond acceptors (Lipinski definition) is 8. The number of anilines is 4. The van der Waals surface area contributed by atoms with Gasteiger partial charge in [-0.15, -0.1) is 0 Å². The molecule has 1 aromatic carbocycles. The summed E-state index contributed by atoms with van der Waals surface area (Å²) in [5.41, 5.74) is 1.89. The number of amides is 2. The van der Waals surface area contributed by atoms with E-state index in [0.717, 1.165) is 32.5 Å². The lowest BCUT2D eigenvalue weighted by Gasteiger charge is -2.42. The Morgan fingerprint density at radius 1 is 1.12 bits per heavy atom. The SMILES string of the molecule is CCCCCCCN1CCC(NC(=O)c2ccc(Nc3ncc4c(n3)N(C(C)C)[C@@H](CC)C(=O)N4C)c(OC)c2)CC1. The minimum absolute atomic E-state index is 0.0434. The topological polar surface area (TPSA) is 103 Å². The predicted molar refractivity (Wildman–Crippen MR) is 169 cm³/mol. The Labute approximate surface area is 251 Å². The molecule has 4 rings (SSSR count). The molecule has 0 aliphatic carbocycles.